The first-order chi connectivity index (χ1) is 14.4. The summed E-state index contributed by atoms with van der Waals surface area (Å²) in [5.74, 6) is 0.569. The summed E-state index contributed by atoms with van der Waals surface area (Å²) >= 11 is 0. The third kappa shape index (κ3) is 2.77. The maximum Gasteiger partial charge on any atom is 0.321 e. The highest BCUT2D eigenvalue weighted by atomic mass is 16.5. The van der Waals surface area contributed by atoms with Gasteiger partial charge in [-0.1, -0.05) is 0 Å². The van der Waals surface area contributed by atoms with Crippen LogP contribution in [0.5, 0.6) is 5.75 Å². The molecule has 8 heteroatoms. The molecule has 3 amide bonds. The number of hydrogen-bond acceptors (Lipinski definition) is 6. The van der Waals surface area contributed by atoms with E-state index in [1.807, 2.05) is 0 Å². The van der Waals surface area contributed by atoms with Gasteiger partial charge in [-0.2, -0.15) is 0 Å². The second kappa shape index (κ2) is 6.78. The molecule has 8 nitrogen and oxygen atoms in total. The predicted molar refractivity (Wildman–Crippen MR) is 107 cm³/mol. The molecule has 2 aliphatic carbocycles. The highest BCUT2D eigenvalue weighted by Gasteiger charge is 2.66. The van der Waals surface area contributed by atoms with Crippen LogP contribution in [-0.2, 0) is 10.2 Å². The Kier molecular flexibility index (Phi) is 4.41. The quantitative estimate of drug-likeness (QED) is 0.681. The fraction of sp³-hybridized carbons (Fsp3) is 0.591. The number of urea groups is 1. The standard InChI is InChI=1S/C22H27N3O5/c1-30-14-4-5-15-16(10-14)21-7-9-25(12-13-2-3-13)19(18(15)27)22(21,29)6-8-23-20(28)24-17(26)11-21/h4-5,10,13,19,29H,2-3,6-9,11-12H2,1H3,(H2,23,24,26,28)/t19-,21-,22-/m1/s1. The molecule has 2 saturated heterocycles. The molecular formula is C22H27N3O5. The lowest BCUT2D eigenvalue weighted by Crippen LogP contribution is -2.74. The summed E-state index contributed by atoms with van der Waals surface area (Å²) in [4.78, 5) is 40.6. The third-order valence-corrected chi connectivity index (χ3v) is 7.42. The second-order valence-electron chi connectivity index (χ2n) is 9.10. The van der Waals surface area contributed by atoms with Gasteiger partial charge in [-0.15, -0.1) is 0 Å². The van der Waals surface area contributed by atoms with Gasteiger partial charge in [0.1, 0.15) is 11.8 Å². The van der Waals surface area contributed by atoms with E-state index >= 15 is 0 Å². The minimum atomic E-state index is -1.47. The lowest BCUT2D eigenvalue weighted by atomic mass is 9.51. The fourth-order valence-corrected chi connectivity index (χ4v) is 5.80. The number of piperidine rings is 1. The average molecular weight is 413 g/mol. The predicted octanol–water partition coefficient (Wildman–Crippen LogP) is 0.964. The Balaban J connectivity index is 1.71. The van der Waals surface area contributed by atoms with Crippen LogP contribution < -0.4 is 15.4 Å². The van der Waals surface area contributed by atoms with Crippen molar-refractivity contribution in [2.24, 2.45) is 5.92 Å². The van der Waals surface area contributed by atoms with Crippen molar-refractivity contribution in [1.82, 2.24) is 15.5 Å². The molecule has 4 aliphatic rings. The minimum Gasteiger partial charge on any atom is -0.497 e. The van der Waals surface area contributed by atoms with E-state index in [-0.39, 0.29) is 25.2 Å². The number of amides is 3. The lowest BCUT2D eigenvalue weighted by molar-refractivity contribution is -0.147. The zero-order valence-corrected chi connectivity index (χ0v) is 17.1. The number of carbonyl (C=O) groups is 3. The molecule has 5 rings (SSSR count). The van der Waals surface area contributed by atoms with E-state index in [4.69, 9.17) is 4.74 Å². The molecule has 0 radical (unpaired) electrons. The van der Waals surface area contributed by atoms with Crippen molar-refractivity contribution in [3.63, 3.8) is 0 Å². The van der Waals surface area contributed by atoms with Crippen LogP contribution in [0, 0.1) is 5.92 Å². The monoisotopic (exact) mass is 413 g/mol. The number of rotatable bonds is 3. The SMILES string of the molecule is COc1ccc2c(c1)[C@]13CCN(CC4CC4)[C@H](C2=O)[C@]1(O)CCNC(=O)NC(=O)C3. The number of imide groups is 1. The maximum absolute atomic E-state index is 13.7. The Bertz CT molecular complexity index is 929. The van der Waals surface area contributed by atoms with Gasteiger partial charge in [-0.05, 0) is 61.9 Å². The van der Waals surface area contributed by atoms with Crippen molar-refractivity contribution in [3.8, 4) is 5.75 Å². The number of Topliss-reactive ketones (excluding diaryl/α,β-unsaturated/α-hetero) is 1. The van der Waals surface area contributed by atoms with Crippen molar-refractivity contribution in [1.29, 1.82) is 0 Å². The number of fused-ring (bicyclic) bond motifs is 1. The van der Waals surface area contributed by atoms with Crippen LogP contribution in [0.15, 0.2) is 18.2 Å². The highest BCUT2D eigenvalue weighted by molar-refractivity contribution is 6.06. The van der Waals surface area contributed by atoms with Crippen molar-refractivity contribution in [2.75, 3.05) is 26.7 Å². The van der Waals surface area contributed by atoms with E-state index in [1.54, 1.807) is 25.3 Å². The van der Waals surface area contributed by atoms with Crippen molar-refractivity contribution in [3.05, 3.63) is 29.3 Å². The molecule has 1 aromatic rings. The van der Waals surface area contributed by atoms with E-state index in [2.05, 4.69) is 15.5 Å². The van der Waals surface area contributed by atoms with Gasteiger partial charge in [0.25, 0.3) is 0 Å². The van der Waals surface area contributed by atoms with Crippen LogP contribution in [0.3, 0.4) is 0 Å². The first-order valence-electron chi connectivity index (χ1n) is 10.6. The Hall–Kier alpha value is -2.45. The summed E-state index contributed by atoms with van der Waals surface area (Å²) in [6.07, 6.45) is 2.96. The Labute approximate surface area is 174 Å². The molecular weight excluding hydrogens is 386 g/mol. The summed E-state index contributed by atoms with van der Waals surface area (Å²) in [5.41, 5.74) is -1.24. The van der Waals surface area contributed by atoms with Crippen LogP contribution in [0.4, 0.5) is 4.79 Å². The topological polar surface area (TPSA) is 108 Å². The molecule has 0 unspecified atom stereocenters. The number of nitrogens with one attached hydrogen (secondary N) is 2. The van der Waals surface area contributed by atoms with Gasteiger partial charge in [0.2, 0.25) is 5.91 Å². The van der Waals surface area contributed by atoms with Crippen LogP contribution >= 0.6 is 0 Å². The molecule has 3 fully saturated rings. The second-order valence-corrected chi connectivity index (χ2v) is 9.10. The number of ketones is 1. The Morgan fingerprint density at radius 2 is 2.03 bits per heavy atom. The molecule has 2 aliphatic heterocycles. The number of aliphatic hydroxyl groups is 1. The summed E-state index contributed by atoms with van der Waals surface area (Å²) < 4.78 is 5.40. The minimum absolute atomic E-state index is 0.0574. The van der Waals surface area contributed by atoms with E-state index < -0.39 is 29.0 Å². The molecule has 0 spiro atoms. The van der Waals surface area contributed by atoms with E-state index in [1.165, 1.54) is 0 Å². The molecule has 0 aromatic heterocycles. The lowest BCUT2D eigenvalue weighted by Gasteiger charge is -2.60. The molecule has 30 heavy (non-hydrogen) atoms. The number of ether oxygens (including phenoxy) is 1. The molecule has 3 N–H and O–H groups in total. The summed E-state index contributed by atoms with van der Waals surface area (Å²) in [6.45, 7) is 1.58. The number of likely N-dealkylation sites (tertiary alicyclic amines) is 1. The van der Waals surface area contributed by atoms with Crippen LogP contribution in [0.1, 0.15) is 48.0 Å². The maximum atomic E-state index is 13.7. The smallest absolute Gasteiger partial charge is 0.321 e. The van der Waals surface area contributed by atoms with Gasteiger partial charge >= 0.3 is 6.03 Å². The molecule has 1 saturated carbocycles. The van der Waals surface area contributed by atoms with Gasteiger partial charge < -0.3 is 15.2 Å². The van der Waals surface area contributed by atoms with Gasteiger partial charge in [-0.3, -0.25) is 19.8 Å². The Morgan fingerprint density at radius 1 is 1.23 bits per heavy atom. The van der Waals surface area contributed by atoms with Gasteiger partial charge in [0, 0.05) is 30.5 Å². The number of benzene rings is 1. The van der Waals surface area contributed by atoms with Gasteiger partial charge in [0.05, 0.1) is 12.7 Å². The van der Waals surface area contributed by atoms with Crippen LogP contribution in [0.2, 0.25) is 0 Å². The van der Waals surface area contributed by atoms with Crippen LogP contribution in [0.25, 0.3) is 0 Å². The number of methoxy groups -OCH3 is 1. The summed E-state index contributed by atoms with van der Waals surface area (Å²) in [6, 6.07) is 3.99. The van der Waals surface area contributed by atoms with Gasteiger partial charge in [0.15, 0.2) is 5.78 Å². The van der Waals surface area contributed by atoms with Crippen molar-refractivity contribution >= 4 is 17.7 Å². The zero-order chi connectivity index (χ0) is 21.1. The van der Waals surface area contributed by atoms with Crippen molar-refractivity contribution < 1.29 is 24.2 Å². The average Bonchev–Trinajstić information content (AvgIpc) is 3.51. The molecule has 2 heterocycles. The van der Waals surface area contributed by atoms with Crippen molar-refractivity contribution in [2.45, 2.75) is 49.2 Å². The Morgan fingerprint density at radius 3 is 2.77 bits per heavy atom. The first kappa shape index (κ1) is 19.5. The number of carbonyl (C=O) groups excluding carboxylic acids is 3. The normalized spacial score (nSPS) is 33.9. The van der Waals surface area contributed by atoms with E-state index in [0.717, 1.165) is 19.4 Å². The third-order valence-electron chi connectivity index (χ3n) is 7.42. The number of hydrogen-bond donors (Lipinski definition) is 3. The molecule has 2 bridgehead atoms. The largest absolute Gasteiger partial charge is 0.497 e. The first-order valence-corrected chi connectivity index (χ1v) is 10.6. The highest BCUT2D eigenvalue weighted by Crippen LogP contribution is 2.55. The van der Waals surface area contributed by atoms with Crippen LogP contribution in [-0.4, -0.2) is 66.1 Å². The summed E-state index contributed by atoms with van der Waals surface area (Å²) in [5, 5.41) is 17.3. The van der Waals surface area contributed by atoms with Gasteiger partial charge in [-0.25, -0.2) is 4.79 Å². The fourth-order valence-electron chi connectivity index (χ4n) is 5.80. The summed E-state index contributed by atoms with van der Waals surface area (Å²) in [7, 11) is 1.55. The molecule has 3 atom stereocenters. The number of nitrogens with zero attached hydrogens (tertiary/aromatic N) is 1. The van der Waals surface area contributed by atoms with E-state index in [9.17, 15) is 19.5 Å². The zero-order valence-electron chi connectivity index (χ0n) is 17.1. The molecule has 160 valence electrons. The van der Waals surface area contributed by atoms with E-state index in [0.29, 0.717) is 35.8 Å². The molecule has 1 aromatic carbocycles.